The number of hydrogen-bond donors (Lipinski definition) is 0. The predicted octanol–water partition coefficient (Wildman–Crippen LogP) is 5.00. The molecule has 0 saturated carbocycles. The number of carbonyl (C=O) groups is 1. The van der Waals surface area contributed by atoms with Crippen molar-refractivity contribution in [3.63, 3.8) is 0 Å². The number of carbonyl (C=O) groups excluding carboxylic acids is 1. The average Bonchev–Trinajstić information content (AvgIpc) is 3.01. The Bertz CT molecular complexity index is 623. The summed E-state index contributed by atoms with van der Waals surface area (Å²) in [6.45, 7) is 7.01. The molecule has 1 aromatic carbocycles. The molecule has 0 spiro atoms. The summed E-state index contributed by atoms with van der Waals surface area (Å²) in [5, 5.41) is 4.74. The summed E-state index contributed by atoms with van der Waals surface area (Å²) in [6.07, 6.45) is 0.910. The number of rotatable bonds is 7. The number of hydrogen-bond acceptors (Lipinski definition) is 3. The van der Waals surface area contributed by atoms with Crippen LogP contribution < -0.4 is 4.74 Å². The zero-order valence-corrected chi connectivity index (χ0v) is 15.3. The SMILES string of the molecule is CCCN(Cc1ccsc1)C(=O)C(C)(C)Oc1ccc(Cl)cc1. The van der Waals surface area contributed by atoms with Gasteiger partial charge < -0.3 is 9.64 Å². The van der Waals surface area contributed by atoms with Gasteiger partial charge in [-0.1, -0.05) is 18.5 Å². The Kier molecular flexibility index (Phi) is 6.08. The molecule has 124 valence electrons. The summed E-state index contributed by atoms with van der Waals surface area (Å²) in [5.74, 6) is 0.625. The van der Waals surface area contributed by atoms with Crippen LogP contribution in [0.15, 0.2) is 41.1 Å². The van der Waals surface area contributed by atoms with Gasteiger partial charge in [0.2, 0.25) is 0 Å². The molecule has 0 bridgehead atoms. The van der Waals surface area contributed by atoms with Crippen molar-refractivity contribution in [2.24, 2.45) is 0 Å². The minimum Gasteiger partial charge on any atom is -0.478 e. The van der Waals surface area contributed by atoms with Gasteiger partial charge in [-0.15, -0.1) is 0 Å². The first-order chi connectivity index (χ1) is 10.9. The van der Waals surface area contributed by atoms with Gasteiger partial charge in [-0.3, -0.25) is 4.79 Å². The molecule has 0 aliphatic heterocycles. The molecule has 0 fully saturated rings. The third kappa shape index (κ3) is 4.98. The molecule has 3 nitrogen and oxygen atoms in total. The lowest BCUT2D eigenvalue weighted by Crippen LogP contribution is -2.48. The van der Waals surface area contributed by atoms with E-state index < -0.39 is 5.60 Å². The van der Waals surface area contributed by atoms with Crippen LogP contribution in [0.5, 0.6) is 5.75 Å². The van der Waals surface area contributed by atoms with Crippen molar-refractivity contribution < 1.29 is 9.53 Å². The molecule has 0 saturated heterocycles. The van der Waals surface area contributed by atoms with E-state index in [0.29, 0.717) is 23.9 Å². The number of halogens is 1. The minimum atomic E-state index is -0.932. The van der Waals surface area contributed by atoms with Crippen LogP contribution in [0.2, 0.25) is 5.02 Å². The molecular formula is C18H22ClNO2S. The van der Waals surface area contributed by atoms with Crippen molar-refractivity contribution in [2.45, 2.75) is 39.3 Å². The van der Waals surface area contributed by atoms with Crippen LogP contribution in [-0.4, -0.2) is 23.0 Å². The van der Waals surface area contributed by atoms with E-state index in [-0.39, 0.29) is 5.91 Å². The molecule has 0 aliphatic rings. The fourth-order valence-electron chi connectivity index (χ4n) is 2.35. The van der Waals surface area contributed by atoms with Gasteiger partial charge in [0.25, 0.3) is 5.91 Å². The van der Waals surface area contributed by atoms with Crippen LogP contribution in [0, 0.1) is 0 Å². The van der Waals surface area contributed by atoms with E-state index in [2.05, 4.69) is 12.3 Å². The van der Waals surface area contributed by atoms with Gasteiger partial charge >= 0.3 is 0 Å². The van der Waals surface area contributed by atoms with Gasteiger partial charge in [0, 0.05) is 18.1 Å². The molecule has 0 atom stereocenters. The Morgan fingerprint density at radius 1 is 1.26 bits per heavy atom. The summed E-state index contributed by atoms with van der Waals surface area (Å²) in [5.41, 5.74) is 0.220. The van der Waals surface area contributed by atoms with E-state index in [1.807, 2.05) is 16.3 Å². The van der Waals surface area contributed by atoms with Crippen molar-refractivity contribution in [1.29, 1.82) is 0 Å². The number of benzene rings is 1. The third-order valence-corrected chi connectivity index (χ3v) is 4.42. The van der Waals surface area contributed by atoms with E-state index in [4.69, 9.17) is 16.3 Å². The highest BCUT2D eigenvalue weighted by molar-refractivity contribution is 7.07. The largest absolute Gasteiger partial charge is 0.478 e. The molecule has 5 heteroatoms. The molecule has 2 aromatic rings. The van der Waals surface area contributed by atoms with Gasteiger partial charge in [0.15, 0.2) is 5.60 Å². The Labute approximate surface area is 146 Å². The van der Waals surface area contributed by atoms with Gasteiger partial charge in [-0.25, -0.2) is 0 Å². The van der Waals surface area contributed by atoms with E-state index >= 15 is 0 Å². The van der Waals surface area contributed by atoms with E-state index in [9.17, 15) is 4.79 Å². The van der Waals surface area contributed by atoms with Crippen molar-refractivity contribution in [3.05, 3.63) is 51.7 Å². The zero-order valence-electron chi connectivity index (χ0n) is 13.7. The fraction of sp³-hybridized carbons (Fsp3) is 0.389. The van der Waals surface area contributed by atoms with Gasteiger partial charge in [0.1, 0.15) is 5.75 Å². The van der Waals surface area contributed by atoms with Gasteiger partial charge in [-0.2, -0.15) is 11.3 Å². The van der Waals surface area contributed by atoms with Gasteiger partial charge in [-0.05, 0) is 66.9 Å². The summed E-state index contributed by atoms with van der Waals surface area (Å²) >= 11 is 7.53. The van der Waals surface area contributed by atoms with Crippen LogP contribution in [0.1, 0.15) is 32.8 Å². The van der Waals surface area contributed by atoms with Crippen LogP contribution in [0.3, 0.4) is 0 Å². The number of thiophene rings is 1. The molecule has 1 amide bonds. The first-order valence-corrected chi connectivity index (χ1v) is 8.99. The standard InChI is InChI=1S/C18H22ClNO2S/c1-4-10-20(12-14-9-11-23-13-14)17(21)18(2,3)22-16-7-5-15(19)6-8-16/h5-9,11,13H,4,10,12H2,1-3H3. The van der Waals surface area contributed by atoms with Crippen LogP contribution in [0.25, 0.3) is 0 Å². The maximum atomic E-state index is 12.9. The average molecular weight is 352 g/mol. The molecule has 1 heterocycles. The second-order valence-electron chi connectivity index (χ2n) is 5.92. The molecule has 0 unspecified atom stereocenters. The first kappa shape index (κ1) is 17.8. The normalized spacial score (nSPS) is 11.3. The Morgan fingerprint density at radius 3 is 2.52 bits per heavy atom. The third-order valence-electron chi connectivity index (χ3n) is 3.44. The minimum absolute atomic E-state index is 0.0134. The molecular weight excluding hydrogens is 330 g/mol. The van der Waals surface area contributed by atoms with E-state index in [0.717, 1.165) is 12.0 Å². The Morgan fingerprint density at radius 2 is 1.96 bits per heavy atom. The summed E-state index contributed by atoms with van der Waals surface area (Å²) in [6, 6.07) is 9.12. The summed E-state index contributed by atoms with van der Waals surface area (Å²) < 4.78 is 5.92. The monoisotopic (exact) mass is 351 g/mol. The second kappa shape index (κ2) is 7.84. The zero-order chi connectivity index (χ0) is 16.9. The summed E-state index contributed by atoms with van der Waals surface area (Å²) in [7, 11) is 0. The smallest absolute Gasteiger partial charge is 0.266 e. The maximum absolute atomic E-state index is 12.9. The Balaban J connectivity index is 2.11. The van der Waals surface area contributed by atoms with Crippen molar-refractivity contribution in [2.75, 3.05) is 6.54 Å². The van der Waals surface area contributed by atoms with Crippen molar-refractivity contribution in [1.82, 2.24) is 4.90 Å². The molecule has 2 rings (SSSR count). The van der Waals surface area contributed by atoms with Crippen molar-refractivity contribution >= 4 is 28.8 Å². The maximum Gasteiger partial charge on any atom is 0.266 e. The lowest BCUT2D eigenvalue weighted by atomic mass is 10.1. The highest BCUT2D eigenvalue weighted by Crippen LogP contribution is 2.23. The van der Waals surface area contributed by atoms with Crippen LogP contribution in [-0.2, 0) is 11.3 Å². The first-order valence-electron chi connectivity index (χ1n) is 7.67. The molecule has 23 heavy (non-hydrogen) atoms. The quantitative estimate of drug-likeness (QED) is 0.702. The molecule has 0 N–H and O–H groups in total. The van der Waals surface area contributed by atoms with E-state index in [1.54, 1.807) is 49.4 Å². The van der Waals surface area contributed by atoms with Crippen LogP contribution >= 0.6 is 22.9 Å². The van der Waals surface area contributed by atoms with Gasteiger partial charge in [0.05, 0.1) is 0 Å². The highest BCUT2D eigenvalue weighted by atomic mass is 35.5. The molecule has 0 aliphatic carbocycles. The summed E-state index contributed by atoms with van der Waals surface area (Å²) in [4.78, 5) is 14.8. The lowest BCUT2D eigenvalue weighted by molar-refractivity contribution is -0.146. The number of ether oxygens (including phenoxy) is 1. The lowest BCUT2D eigenvalue weighted by Gasteiger charge is -2.32. The predicted molar refractivity (Wildman–Crippen MR) is 96.2 cm³/mol. The highest BCUT2D eigenvalue weighted by Gasteiger charge is 2.34. The molecule has 0 radical (unpaired) electrons. The molecule has 1 aromatic heterocycles. The topological polar surface area (TPSA) is 29.5 Å². The Hall–Kier alpha value is -1.52. The number of nitrogens with zero attached hydrogens (tertiary/aromatic N) is 1. The van der Waals surface area contributed by atoms with Crippen LogP contribution in [0.4, 0.5) is 0 Å². The van der Waals surface area contributed by atoms with Crippen molar-refractivity contribution in [3.8, 4) is 5.75 Å². The number of amides is 1. The van der Waals surface area contributed by atoms with E-state index in [1.165, 1.54) is 0 Å². The fourth-order valence-corrected chi connectivity index (χ4v) is 3.13. The second-order valence-corrected chi connectivity index (χ2v) is 7.14.